The third kappa shape index (κ3) is 5.08. The molecule has 1 aliphatic rings. The average molecular weight is 502 g/mol. The smallest absolute Gasteiger partial charge is 0.317 e. The Morgan fingerprint density at radius 3 is 2.49 bits per heavy atom. The fraction of sp³-hybridized carbons (Fsp3) is 0.321. The molecule has 9 nitrogen and oxygen atoms in total. The zero-order valence-corrected chi connectivity index (χ0v) is 21.0. The highest BCUT2D eigenvalue weighted by Crippen LogP contribution is 2.25. The van der Waals surface area contributed by atoms with Crippen molar-refractivity contribution in [3.63, 3.8) is 0 Å². The minimum atomic E-state index is -1.10. The van der Waals surface area contributed by atoms with Crippen LogP contribution < -0.4 is 15.6 Å². The Balaban J connectivity index is 1.25. The standard InChI is InChI=1S/C28H31N5O4/c1-20(21-6-4-3-5-7-21)30-27(35)31-16-13-28(36,14-17-31)18-32-19-29-25-24(26(32)34)12-15-33(25)22-8-10-23(37-2)11-9-22/h3-12,15,19-20,36H,13-14,16-18H2,1-2H3,(H,30,35)/t20-/m0/s1. The molecule has 0 saturated carbocycles. The number of hydrogen-bond acceptors (Lipinski definition) is 5. The summed E-state index contributed by atoms with van der Waals surface area (Å²) in [5.41, 5.74) is 1.15. The third-order valence-electron chi connectivity index (χ3n) is 7.11. The highest BCUT2D eigenvalue weighted by Gasteiger charge is 2.35. The van der Waals surface area contributed by atoms with E-state index in [0.717, 1.165) is 17.0 Å². The Morgan fingerprint density at radius 2 is 1.81 bits per heavy atom. The molecule has 9 heteroatoms. The van der Waals surface area contributed by atoms with E-state index in [4.69, 9.17) is 4.74 Å². The number of likely N-dealkylation sites (tertiary alicyclic amines) is 1. The van der Waals surface area contributed by atoms with Crippen LogP contribution in [0.5, 0.6) is 5.75 Å². The van der Waals surface area contributed by atoms with Crippen molar-refractivity contribution in [3.8, 4) is 11.4 Å². The van der Waals surface area contributed by atoms with Crippen molar-refractivity contribution in [1.29, 1.82) is 0 Å². The van der Waals surface area contributed by atoms with Crippen LogP contribution in [0.15, 0.2) is 78.0 Å². The molecule has 0 spiro atoms. The normalized spacial score (nSPS) is 15.9. The Morgan fingerprint density at radius 1 is 1.11 bits per heavy atom. The van der Waals surface area contributed by atoms with Gasteiger partial charge < -0.3 is 24.6 Å². The number of benzene rings is 2. The van der Waals surface area contributed by atoms with Crippen LogP contribution in [0.4, 0.5) is 4.79 Å². The molecule has 0 bridgehead atoms. The number of carbonyl (C=O) groups excluding carboxylic acids is 1. The van der Waals surface area contributed by atoms with Gasteiger partial charge in [0.15, 0.2) is 5.65 Å². The molecule has 0 aliphatic carbocycles. The highest BCUT2D eigenvalue weighted by molar-refractivity contribution is 5.77. The molecule has 1 fully saturated rings. The van der Waals surface area contributed by atoms with Crippen molar-refractivity contribution in [2.75, 3.05) is 20.2 Å². The first kappa shape index (κ1) is 24.6. The summed E-state index contributed by atoms with van der Waals surface area (Å²) >= 11 is 0. The van der Waals surface area contributed by atoms with E-state index in [-0.39, 0.29) is 24.2 Å². The van der Waals surface area contributed by atoms with Gasteiger partial charge in [0.25, 0.3) is 5.56 Å². The molecule has 192 valence electrons. The van der Waals surface area contributed by atoms with Crippen molar-refractivity contribution >= 4 is 17.1 Å². The first-order valence-electron chi connectivity index (χ1n) is 12.4. The van der Waals surface area contributed by atoms with E-state index in [1.165, 1.54) is 10.9 Å². The molecular formula is C28H31N5O4. The largest absolute Gasteiger partial charge is 0.497 e. The van der Waals surface area contributed by atoms with Crippen LogP contribution >= 0.6 is 0 Å². The van der Waals surface area contributed by atoms with E-state index in [2.05, 4.69) is 10.3 Å². The number of fused-ring (bicyclic) bond motifs is 1. The number of aromatic nitrogens is 3. The molecule has 5 rings (SSSR count). The van der Waals surface area contributed by atoms with Gasteiger partial charge in [-0.2, -0.15) is 0 Å². The van der Waals surface area contributed by atoms with E-state index in [0.29, 0.717) is 37.0 Å². The van der Waals surface area contributed by atoms with Crippen molar-refractivity contribution in [2.24, 2.45) is 0 Å². The molecule has 4 aromatic rings. The van der Waals surface area contributed by atoms with Crippen LogP contribution in [0, 0.1) is 0 Å². The van der Waals surface area contributed by atoms with E-state index in [1.54, 1.807) is 18.1 Å². The summed E-state index contributed by atoms with van der Waals surface area (Å²) in [6, 6.07) is 18.8. The summed E-state index contributed by atoms with van der Waals surface area (Å²) in [5, 5.41) is 14.8. The number of methoxy groups -OCH3 is 1. The fourth-order valence-corrected chi connectivity index (χ4v) is 4.82. The van der Waals surface area contributed by atoms with Crippen LogP contribution in [0.25, 0.3) is 16.7 Å². The lowest BCUT2D eigenvalue weighted by atomic mass is 9.91. The van der Waals surface area contributed by atoms with Gasteiger partial charge in [0.1, 0.15) is 12.1 Å². The quantitative estimate of drug-likeness (QED) is 0.421. The Kier molecular flexibility index (Phi) is 6.71. The van der Waals surface area contributed by atoms with Crippen LogP contribution in [0.1, 0.15) is 31.4 Å². The summed E-state index contributed by atoms with van der Waals surface area (Å²) in [6.07, 6.45) is 4.05. The molecule has 3 heterocycles. The lowest BCUT2D eigenvalue weighted by Crippen LogP contribution is -2.52. The van der Waals surface area contributed by atoms with Gasteiger partial charge in [-0.15, -0.1) is 0 Å². The molecule has 0 unspecified atom stereocenters. The maximum Gasteiger partial charge on any atom is 0.317 e. The predicted octanol–water partition coefficient (Wildman–Crippen LogP) is 3.49. The Labute approximate surface area is 214 Å². The second-order valence-electron chi connectivity index (χ2n) is 9.59. The molecule has 0 radical (unpaired) electrons. The number of aliphatic hydroxyl groups is 1. The molecule has 1 atom stereocenters. The molecule has 2 N–H and O–H groups in total. The van der Waals surface area contributed by atoms with Crippen molar-refractivity contribution in [3.05, 3.63) is 89.1 Å². The number of carbonyl (C=O) groups is 1. The zero-order valence-electron chi connectivity index (χ0n) is 21.0. The van der Waals surface area contributed by atoms with Crippen LogP contribution in [-0.2, 0) is 6.54 Å². The predicted molar refractivity (Wildman–Crippen MR) is 141 cm³/mol. The molecular weight excluding hydrogens is 470 g/mol. The minimum Gasteiger partial charge on any atom is -0.497 e. The van der Waals surface area contributed by atoms with E-state index in [1.807, 2.05) is 72.3 Å². The van der Waals surface area contributed by atoms with Crippen molar-refractivity contribution < 1.29 is 14.6 Å². The monoisotopic (exact) mass is 501 g/mol. The van der Waals surface area contributed by atoms with Crippen LogP contribution in [0.3, 0.4) is 0 Å². The third-order valence-corrected chi connectivity index (χ3v) is 7.11. The van der Waals surface area contributed by atoms with E-state index >= 15 is 0 Å². The highest BCUT2D eigenvalue weighted by atomic mass is 16.5. The van der Waals surface area contributed by atoms with Gasteiger partial charge in [0.2, 0.25) is 0 Å². The fourth-order valence-electron chi connectivity index (χ4n) is 4.82. The molecule has 1 saturated heterocycles. The molecule has 2 aromatic heterocycles. The van der Waals surface area contributed by atoms with Gasteiger partial charge in [0, 0.05) is 25.0 Å². The van der Waals surface area contributed by atoms with Crippen molar-refractivity contribution in [1.82, 2.24) is 24.3 Å². The Bertz CT molecular complexity index is 1440. The number of nitrogens with zero attached hydrogens (tertiary/aromatic N) is 4. The summed E-state index contributed by atoms with van der Waals surface area (Å²) in [7, 11) is 1.61. The number of hydrogen-bond donors (Lipinski definition) is 2. The SMILES string of the molecule is COc1ccc(-n2ccc3c(=O)n(CC4(O)CCN(C(=O)N[C@@H](C)c5ccccc5)CC4)cnc32)cc1. The first-order valence-corrected chi connectivity index (χ1v) is 12.4. The summed E-state index contributed by atoms with van der Waals surface area (Å²) in [5.74, 6) is 0.748. The summed E-state index contributed by atoms with van der Waals surface area (Å²) in [4.78, 5) is 32.2. The van der Waals surface area contributed by atoms with Gasteiger partial charge in [-0.05, 0) is 55.7 Å². The molecule has 1 aliphatic heterocycles. The second kappa shape index (κ2) is 10.1. The van der Waals surface area contributed by atoms with Gasteiger partial charge in [-0.3, -0.25) is 9.36 Å². The second-order valence-corrected chi connectivity index (χ2v) is 9.59. The summed E-state index contributed by atoms with van der Waals surface area (Å²) in [6.45, 7) is 2.88. The van der Waals surface area contributed by atoms with Gasteiger partial charge in [-0.25, -0.2) is 9.78 Å². The van der Waals surface area contributed by atoms with E-state index < -0.39 is 5.60 Å². The average Bonchev–Trinajstić information content (AvgIpc) is 3.36. The molecule has 2 aromatic carbocycles. The number of rotatable bonds is 6. The zero-order chi connectivity index (χ0) is 26.0. The number of amides is 2. The van der Waals surface area contributed by atoms with E-state index in [9.17, 15) is 14.7 Å². The van der Waals surface area contributed by atoms with Crippen LogP contribution in [0.2, 0.25) is 0 Å². The molecule has 37 heavy (non-hydrogen) atoms. The van der Waals surface area contributed by atoms with Gasteiger partial charge >= 0.3 is 6.03 Å². The minimum absolute atomic E-state index is 0.115. The maximum absolute atomic E-state index is 13.2. The topological polar surface area (TPSA) is 102 Å². The molecule has 2 amide bonds. The van der Waals surface area contributed by atoms with Gasteiger partial charge in [-0.1, -0.05) is 30.3 Å². The first-order chi connectivity index (χ1) is 17.9. The number of ether oxygens (including phenoxy) is 1. The number of nitrogens with one attached hydrogen (secondary N) is 1. The number of urea groups is 1. The van der Waals surface area contributed by atoms with Crippen LogP contribution in [-0.4, -0.2) is 56.0 Å². The number of piperidine rings is 1. The lowest BCUT2D eigenvalue weighted by molar-refractivity contribution is -0.0266. The Hall–Kier alpha value is -4.11. The van der Waals surface area contributed by atoms with Crippen molar-refractivity contribution in [2.45, 2.75) is 38.0 Å². The maximum atomic E-state index is 13.2. The van der Waals surface area contributed by atoms with Gasteiger partial charge in [0.05, 0.1) is 30.7 Å². The summed E-state index contributed by atoms with van der Waals surface area (Å²) < 4.78 is 8.53. The lowest BCUT2D eigenvalue weighted by Gasteiger charge is -2.38.